The lowest BCUT2D eigenvalue weighted by Crippen LogP contribution is -2.61. The standard InChI is InChI=1S/C64H113NO10/c1-4-7-10-13-16-19-22-24-26-27-28-29-30-31-32-34-37-40-43-46-49-52-59(69)75-62-61(71)60(70)58(53-66)74-64(62)73-54-55(56(67)50-47-44-41-38-35-21-18-15-12-9-6-3)65-63(72)57(68)51-48-45-42-39-36-33-25-23-20-17-14-11-8-5-2/h16,19-20,23-24,26,28-29,31-32,47,50,55-58,60-62,64,66-68,70-71H,4-15,17-18,21-22,25,27,30,33-46,48-49,51-54H2,1-3H3,(H,65,72)/b19-16-,23-20-,26-24-,29-28-,32-31-,50-47+. The minimum Gasteiger partial charge on any atom is -0.454 e. The Hall–Kier alpha value is -2.90. The smallest absolute Gasteiger partial charge is 0.306 e. The van der Waals surface area contributed by atoms with Crippen molar-refractivity contribution >= 4 is 11.9 Å². The van der Waals surface area contributed by atoms with E-state index in [1.807, 2.05) is 6.08 Å². The number of amides is 1. The van der Waals surface area contributed by atoms with Crippen molar-refractivity contribution in [3.8, 4) is 0 Å². The van der Waals surface area contributed by atoms with Crippen molar-refractivity contribution < 1.29 is 49.3 Å². The van der Waals surface area contributed by atoms with E-state index in [0.29, 0.717) is 12.8 Å². The summed E-state index contributed by atoms with van der Waals surface area (Å²) in [4.78, 5) is 26.5. The molecule has 434 valence electrons. The van der Waals surface area contributed by atoms with E-state index in [-0.39, 0.29) is 19.4 Å². The van der Waals surface area contributed by atoms with Crippen molar-refractivity contribution in [3.05, 3.63) is 72.9 Å². The molecule has 1 aliphatic heterocycles. The number of carbonyl (C=O) groups is 2. The number of aliphatic hydroxyl groups is 5. The molecule has 11 nitrogen and oxygen atoms in total. The minimum absolute atomic E-state index is 0.0998. The molecule has 1 aliphatic rings. The normalized spacial score (nSPS) is 19.7. The number of allylic oxidation sites excluding steroid dienone is 11. The lowest BCUT2D eigenvalue weighted by atomic mass is 9.99. The molecule has 0 aromatic rings. The molecule has 0 bridgehead atoms. The molecule has 0 aromatic heterocycles. The van der Waals surface area contributed by atoms with Crippen LogP contribution in [0.25, 0.3) is 0 Å². The van der Waals surface area contributed by atoms with Gasteiger partial charge in [-0.15, -0.1) is 0 Å². The molecule has 75 heavy (non-hydrogen) atoms. The number of aliphatic hydroxyl groups excluding tert-OH is 5. The molecule has 8 atom stereocenters. The Morgan fingerprint density at radius 2 is 0.920 bits per heavy atom. The average molecular weight is 1060 g/mol. The summed E-state index contributed by atoms with van der Waals surface area (Å²) in [6, 6.07) is -1.03. The molecule has 0 spiro atoms. The molecule has 0 saturated carbocycles. The van der Waals surface area contributed by atoms with E-state index >= 15 is 0 Å². The number of unbranched alkanes of at least 4 members (excludes halogenated alkanes) is 27. The van der Waals surface area contributed by atoms with Crippen molar-refractivity contribution in [1.29, 1.82) is 0 Å². The number of ether oxygens (including phenoxy) is 3. The van der Waals surface area contributed by atoms with Crippen molar-refractivity contribution in [1.82, 2.24) is 5.32 Å². The maximum absolute atomic E-state index is 13.4. The summed E-state index contributed by atoms with van der Waals surface area (Å²) in [6.07, 6.45) is 55.1. The summed E-state index contributed by atoms with van der Waals surface area (Å²) in [7, 11) is 0. The van der Waals surface area contributed by atoms with Crippen LogP contribution in [-0.2, 0) is 23.8 Å². The van der Waals surface area contributed by atoms with Crippen LogP contribution in [0.3, 0.4) is 0 Å². The third-order valence-electron chi connectivity index (χ3n) is 14.1. The van der Waals surface area contributed by atoms with Crippen LogP contribution in [0.5, 0.6) is 0 Å². The highest BCUT2D eigenvalue weighted by Gasteiger charge is 2.47. The van der Waals surface area contributed by atoms with E-state index in [1.165, 1.54) is 109 Å². The van der Waals surface area contributed by atoms with Crippen LogP contribution in [0.2, 0.25) is 0 Å². The van der Waals surface area contributed by atoms with E-state index in [1.54, 1.807) is 6.08 Å². The number of esters is 1. The Bertz CT molecular complexity index is 1490. The average Bonchev–Trinajstić information content (AvgIpc) is 3.41. The zero-order chi connectivity index (χ0) is 54.7. The zero-order valence-electron chi connectivity index (χ0n) is 47.9. The molecule has 0 aliphatic carbocycles. The molecule has 1 rings (SSSR count). The number of rotatable bonds is 51. The van der Waals surface area contributed by atoms with Crippen LogP contribution in [0.15, 0.2) is 72.9 Å². The maximum Gasteiger partial charge on any atom is 0.306 e. The van der Waals surface area contributed by atoms with Gasteiger partial charge in [0.1, 0.15) is 24.4 Å². The quantitative estimate of drug-likeness (QED) is 0.0195. The first kappa shape index (κ1) is 70.1. The van der Waals surface area contributed by atoms with Crippen LogP contribution < -0.4 is 5.32 Å². The summed E-state index contributed by atoms with van der Waals surface area (Å²) in [6.45, 7) is 5.72. The first-order valence-corrected chi connectivity index (χ1v) is 30.7. The molecule has 1 fully saturated rings. The fourth-order valence-corrected chi connectivity index (χ4v) is 9.16. The fourth-order valence-electron chi connectivity index (χ4n) is 9.16. The van der Waals surface area contributed by atoms with E-state index in [9.17, 15) is 35.1 Å². The van der Waals surface area contributed by atoms with Gasteiger partial charge in [0.05, 0.1) is 25.4 Å². The van der Waals surface area contributed by atoms with E-state index < -0.39 is 67.4 Å². The Morgan fingerprint density at radius 1 is 0.520 bits per heavy atom. The van der Waals surface area contributed by atoms with E-state index in [0.717, 1.165) is 103 Å². The number of hydrogen-bond acceptors (Lipinski definition) is 10. The predicted octanol–water partition coefficient (Wildman–Crippen LogP) is 14.4. The SMILES string of the molecule is CCCCC/C=C\C/C=C\C/C=C\C/C=C\CCCCCCCC(=O)OC1C(OCC(NC(=O)C(O)CCCCCCCC/C=C\CCCCCC)C(O)/C=C/CCCCCCCCCCC)OC(CO)C(O)C1O. The molecular formula is C64H113NO10. The van der Waals surface area contributed by atoms with Gasteiger partial charge in [0.25, 0.3) is 0 Å². The van der Waals surface area contributed by atoms with E-state index in [4.69, 9.17) is 14.2 Å². The number of carbonyl (C=O) groups excluding carboxylic acids is 2. The molecule has 1 heterocycles. The Labute approximate surface area is 458 Å². The van der Waals surface area contributed by atoms with Gasteiger partial charge in [-0.05, 0) is 96.3 Å². The summed E-state index contributed by atoms with van der Waals surface area (Å²) in [5, 5.41) is 56.9. The predicted molar refractivity (Wildman–Crippen MR) is 310 cm³/mol. The first-order valence-electron chi connectivity index (χ1n) is 30.7. The zero-order valence-corrected chi connectivity index (χ0v) is 47.9. The second-order valence-corrected chi connectivity index (χ2v) is 21.1. The van der Waals surface area contributed by atoms with Crippen LogP contribution in [0.1, 0.15) is 258 Å². The van der Waals surface area contributed by atoms with Gasteiger partial charge >= 0.3 is 5.97 Å². The molecule has 8 unspecified atom stereocenters. The highest BCUT2D eigenvalue weighted by Crippen LogP contribution is 2.26. The van der Waals surface area contributed by atoms with Gasteiger partial charge in [0, 0.05) is 6.42 Å². The van der Waals surface area contributed by atoms with Crippen LogP contribution >= 0.6 is 0 Å². The van der Waals surface area contributed by atoms with Gasteiger partial charge in [0.15, 0.2) is 12.4 Å². The van der Waals surface area contributed by atoms with E-state index in [2.05, 4.69) is 86.8 Å². The van der Waals surface area contributed by atoms with Crippen molar-refractivity contribution in [2.45, 2.75) is 307 Å². The van der Waals surface area contributed by atoms with Crippen LogP contribution in [0, 0.1) is 0 Å². The first-order chi connectivity index (χ1) is 36.7. The summed E-state index contributed by atoms with van der Waals surface area (Å²) < 4.78 is 17.6. The Kier molecular flexibility index (Phi) is 48.5. The largest absolute Gasteiger partial charge is 0.454 e. The van der Waals surface area contributed by atoms with Crippen LogP contribution in [-0.4, -0.2) is 99.6 Å². The lowest BCUT2D eigenvalue weighted by Gasteiger charge is -2.41. The topological polar surface area (TPSA) is 175 Å². The number of hydrogen-bond donors (Lipinski definition) is 6. The summed E-state index contributed by atoms with van der Waals surface area (Å²) in [5.41, 5.74) is 0. The maximum atomic E-state index is 13.4. The highest BCUT2D eigenvalue weighted by molar-refractivity contribution is 5.80. The van der Waals surface area contributed by atoms with Crippen molar-refractivity contribution in [2.75, 3.05) is 13.2 Å². The van der Waals surface area contributed by atoms with Gasteiger partial charge < -0.3 is 45.1 Å². The highest BCUT2D eigenvalue weighted by atomic mass is 16.7. The van der Waals surface area contributed by atoms with Gasteiger partial charge in [-0.25, -0.2) is 0 Å². The van der Waals surface area contributed by atoms with Crippen LogP contribution in [0.4, 0.5) is 0 Å². The summed E-state index contributed by atoms with van der Waals surface area (Å²) in [5.74, 6) is -1.22. The lowest BCUT2D eigenvalue weighted by molar-refractivity contribution is -0.305. The monoisotopic (exact) mass is 1060 g/mol. The van der Waals surface area contributed by atoms with Crippen molar-refractivity contribution in [2.24, 2.45) is 0 Å². The van der Waals surface area contributed by atoms with Gasteiger partial charge in [0.2, 0.25) is 5.91 Å². The third-order valence-corrected chi connectivity index (χ3v) is 14.1. The third kappa shape index (κ3) is 40.0. The molecule has 1 amide bonds. The summed E-state index contributed by atoms with van der Waals surface area (Å²) >= 11 is 0. The second kappa shape index (κ2) is 51.8. The van der Waals surface area contributed by atoms with Gasteiger partial charge in [-0.2, -0.15) is 0 Å². The Morgan fingerprint density at radius 3 is 1.43 bits per heavy atom. The molecule has 1 saturated heterocycles. The fraction of sp³-hybridized carbons (Fsp3) is 0.781. The minimum atomic E-state index is -1.62. The number of nitrogens with one attached hydrogen (secondary N) is 1. The molecule has 0 radical (unpaired) electrons. The molecular weight excluding hydrogens is 943 g/mol. The van der Waals surface area contributed by atoms with Gasteiger partial charge in [-0.3, -0.25) is 9.59 Å². The molecule has 11 heteroatoms. The molecule has 6 N–H and O–H groups in total. The van der Waals surface area contributed by atoms with Crippen molar-refractivity contribution in [3.63, 3.8) is 0 Å². The Balaban J connectivity index is 2.68. The second-order valence-electron chi connectivity index (χ2n) is 21.1. The van der Waals surface area contributed by atoms with Gasteiger partial charge in [-0.1, -0.05) is 229 Å². The molecule has 0 aromatic carbocycles.